The number of ether oxygens (including phenoxy) is 1. The Bertz CT molecular complexity index is 320. The highest BCUT2D eigenvalue weighted by Crippen LogP contribution is 2.13. The summed E-state index contributed by atoms with van der Waals surface area (Å²) in [5.41, 5.74) is 6.70. The topological polar surface area (TPSA) is 38.5 Å². The summed E-state index contributed by atoms with van der Waals surface area (Å²) in [6, 6.07) is 8.02. The first kappa shape index (κ1) is 15.0. The number of hydrogen-bond donors (Lipinski definition) is 1. The maximum Gasteiger partial charge on any atom is 0.119 e. The van der Waals surface area contributed by atoms with Crippen molar-refractivity contribution in [3.05, 3.63) is 29.8 Å². The van der Waals surface area contributed by atoms with Crippen LogP contribution in [0.5, 0.6) is 5.75 Å². The number of benzene rings is 1. The van der Waals surface area contributed by atoms with E-state index in [4.69, 9.17) is 10.5 Å². The molecule has 102 valence electrons. The molecule has 1 aromatic rings. The van der Waals surface area contributed by atoms with Crippen LogP contribution in [0.1, 0.15) is 26.3 Å². The van der Waals surface area contributed by atoms with E-state index < -0.39 is 0 Å². The molecule has 1 rings (SSSR count). The Morgan fingerprint density at radius 3 is 2.28 bits per heavy atom. The summed E-state index contributed by atoms with van der Waals surface area (Å²) in [4.78, 5) is 2.42. The van der Waals surface area contributed by atoms with Crippen LogP contribution in [-0.4, -0.2) is 31.1 Å². The van der Waals surface area contributed by atoms with Gasteiger partial charge in [0.1, 0.15) is 5.75 Å². The molecule has 0 amide bonds. The zero-order valence-corrected chi connectivity index (χ0v) is 11.9. The normalized spacial score (nSPS) is 12.7. The Morgan fingerprint density at radius 2 is 1.78 bits per heavy atom. The van der Waals surface area contributed by atoms with Crippen LogP contribution in [-0.2, 0) is 6.54 Å². The van der Waals surface area contributed by atoms with Gasteiger partial charge in [0.2, 0.25) is 0 Å². The first-order valence-electron chi connectivity index (χ1n) is 6.83. The minimum Gasteiger partial charge on any atom is -0.493 e. The fraction of sp³-hybridized carbons (Fsp3) is 0.600. The van der Waals surface area contributed by atoms with Crippen LogP contribution < -0.4 is 10.5 Å². The van der Waals surface area contributed by atoms with Gasteiger partial charge in [0.15, 0.2) is 0 Å². The molecular weight excluding hydrogens is 224 g/mol. The average Bonchev–Trinajstić information content (AvgIpc) is 2.43. The lowest BCUT2D eigenvalue weighted by atomic mass is 10.2. The maximum atomic E-state index is 5.79. The number of nitrogens with zero attached hydrogens (tertiary/aromatic N) is 1. The van der Waals surface area contributed by atoms with Crippen molar-refractivity contribution in [1.82, 2.24) is 4.90 Å². The van der Waals surface area contributed by atoms with Crippen molar-refractivity contribution >= 4 is 0 Å². The van der Waals surface area contributed by atoms with E-state index in [2.05, 4.69) is 25.7 Å². The molecule has 0 saturated carbocycles. The van der Waals surface area contributed by atoms with Crippen LogP contribution in [0.2, 0.25) is 0 Å². The molecule has 0 aromatic heterocycles. The van der Waals surface area contributed by atoms with E-state index in [1.807, 2.05) is 24.3 Å². The molecule has 0 bridgehead atoms. The monoisotopic (exact) mass is 250 g/mol. The Balaban J connectivity index is 2.34. The quantitative estimate of drug-likeness (QED) is 0.770. The molecule has 18 heavy (non-hydrogen) atoms. The molecular formula is C15H26N2O. The molecule has 0 aliphatic carbocycles. The summed E-state index contributed by atoms with van der Waals surface area (Å²) in [6.07, 6.45) is 0. The van der Waals surface area contributed by atoms with Gasteiger partial charge in [-0.1, -0.05) is 32.9 Å². The molecule has 0 fully saturated rings. The zero-order chi connectivity index (χ0) is 13.4. The van der Waals surface area contributed by atoms with Crippen molar-refractivity contribution < 1.29 is 4.74 Å². The molecule has 0 radical (unpaired) electrons. The number of hydrogen-bond acceptors (Lipinski definition) is 3. The highest BCUT2D eigenvalue weighted by atomic mass is 16.5. The van der Waals surface area contributed by atoms with Gasteiger partial charge in [-0.3, -0.25) is 0 Å². The summed E-state index contributed by atoms with van der Waals surface area (Å²) >= 11 is 0. The van der Waals surface area contributed by atoms with Gasteiger partial charge in [-0.25, -0.2) is 0 Å². The third-order valence-corrected chi connectivity index (χ3v) is 3.16. The summed E-state index contributed by atoms with van der Waals surface area (Å²) < 4.78 is 5.79. The second-order valence-electron chi connectivity index (χ2n) is 4.75. The second kappa shape index (κ2) is 8.11. The van der Waals surface area contributed by atoms with Crippen LogP contribution in [0.15, 0.2) is 24.3 Å². The maximum absolute atomic E-state index is 5.79. The Hall–Kier alpha value is -1.06. The van der Waals surface area contributed by atoms with Gasteiger partial charge in [0.05, 0.1) is 6.61 Å². The standard InChI is InChI=1S/C15H26N2O/c1-4-17(5-2)11-13(3)12-18-15-8-6-14(10-16)7-9-15/h6-9,13H,4-5,10-12,16H2,1-3H3. The summed E-state index contributed by atoms with van der Waals surface area (Å²) in [5.74, 6) is 1.47. The fourth-order valence-corrected chi connectivity index (χ4v) is 1.94. The van der Waals surface area contributed by atoms with Gasteiger partial charge < -0.3 is 15.4 Å². The summed E-state index contributed by atoms with van der Waals surface area (Å²) in [7, 11) is 0. The van der Waals surface area contributed by atoms with Crippen LogP contribution in [0.25, 0.3) is 0 Å². The smallest absolute Gasteiger partial charge is 0.119 e. The minimum absolute atomic E-state index is 0.541. The Kier molecular flexibility index (Phi) is 6.76. The molecule has 2 N–H and O–H groups in total. The minimum atomic E-state index is 0.541. The van der Waals surface area contributed by atoms with Crippen molar-refractivity contribution in [2.24, 2.45) is 11.7 Å². The lowest BCUT2D eigenvalue weighted by molar-refractivity contribution is 0.195. The Labute approximate surface area is 111 Å². The van der Waals surface area contributed by atoms with Crippen LogP contribution >= 0.6 is 0 Å². The van der Waals surface area contributed by atoms with E-state index in [0.717, 1.165) is 37.6 Å². The van der Waals surface area contributed by atoms with Gasteiger partial charge in [0.25, 0.3) is 0 Å². The van der Waals surface area contributed by atoms with Crippen molar-refractivity contribution in [3.63, 3.8) is 0 Å². The molecule has 1 unspecified atom stereocenters. The lowest BCUT2D eigenvalue weighted by Gasteiger charge is -2.22. The Morgan fingerprint density at radius 1 is 1.17 bits per heavy atom. The fourth-order valence-electron chi connectivity index (χ4n) is 1.94. The van der Waals surface area contributed by atoms with E-state index in [1.165, 1.54) is 0 Å². The van der Waals surface area contributed by atoms with Crippen LogP contribution in [0.4, 0.5) is 0 Å². The summed E-state index contributed by atoms with van der Waals surface area (Å²) in [6.45, 7) is 11.3. The first-order chi connectivity index (χ1) is 8.69. The molecule has 0 aliphatic heterocycles. The van der Waals surface area contributed by atoms with Crippen molar-refractivity contribution in [3.8, 4) is 5.75 Å². The van der Waals surface area contributed by atoms with Gasteiger partial charge >= 0.3 is 0 Å². The molecule has 3 nitrogen and oxygen atoms in total. The van der Waals surface area contributed by atoms with Gasteiger partial charge in [-0.05, 0) is 30.8 Å². The zero-order valence-electron chi connectivity index (χ0n) is 11.9. The third kappa shape index (κ3) is 5.07. The number of nitrogens with two attached hydrogens (primary N) is 1. The molecule has 3 heteroatoms. The summed E-state index contributed by atoms with van der Waals surface area (Å²) in [5, 5.41) is 0. The van der Waals surface area contributed by atoms with E-state index in [0.29, 0.717) is 12.5 Å². The first-order valence-corrected chi connectivity index (χ1v) is 6.83. The molecule has 0 saturated heterocycles. The number of rotatable bonds is 8. The van der Waals surface area contributed by atoms with E-state index in [9.17, 15) is 0 Å². The van der Waals surface area contributed by atoms with E-state index in [-0.39, 0.29) is 0 Å². The highest BCUT2D eigenvalue weighted by molar-refractivity contribution is 5.27. The lowest BCUT2D eigenvalue weighted by Crippen LogP contribution is -2.30. The molecule has 0 spiro atoms. The largest absolute Gasteiger partial charge is 0.493 e. The van der Waals surface area contributed by atoms with Gasteiger partial charge in [-0.2, -0.15) is 0 Å². The van der Waals surface area contributed by atoms with Crippen molar-refractivity contribution in [2.45, 2.75) is 27.3 Å². The van der Waals surface area contributed by atoms with E-state index in [1.54, 1.807) is 0 Å². The van der Waals surface area contributed by atoms with Crippen molar-refractivity contribution in [1.29, 1.82) is 0 Å². The molecule has 1 atom stereocenters. The molecule has 0 aliphatic rings. The van der Waals surface area contributed by atoms with Crippen LogP contribution in [0.3, 0.4) is 0 Å². The van der Waals surface area contributed by atoms with Crippen molar-refractivity contribution in [2.75, 3.05) is 26.2 Å². The second-order valence-corrected chi connectivity index (χ2v) is 4.75. The predicted molar refractivity (Wildman–Crippen MR) is 76.8 cm³/mol. The SMILES string of the molecule is CCN(CC)CC(C)COc1ccc(CN)cc1. The average molecular weight is 250 g/mol. The van der Waals surface area contributed by atoms with Gasteiger partial charge in [0, 0.05) is 19.0 Å². The van der Waals surface area contributed by atoms with Gasteiger partial charge in [-0.15, -0.1) is 0 Å². The van der Waals surface area contributed by atoms with Crippen LogP contribution in [0, 0.1) is 5.92 Å². The third-order valence-electron chi connectivity index (χ3n) is 3.16. The van der Waals surface area contributed by atoms with E-state index >= 15 is 0 Å². The molecule has 1 aromatic carbocycles. The molecule has 0 heterocycles. The predicted octanol–water partition coefficient (Wildman–Crippen LogP) is 2.50. The highest BCUT2D eigenvalue weighted by Gasteiger charge is 2.07.